The molecule has 1 aliphatic heterocycles. The van der Waals surface area contributed by atoms with E-state index in [0.29, 0.717) is 24.5 Å². The molecule has 0 aliphatic carbocycles. The standard InChI is InChI=1S/C14H20N2O4S/c1-11(17)15-13-10-12(6-7-14(13)20-2)21(18,19)16-8-4-3-5-9-16/h6-7,10H,3-5,8-9H2,1-2H3,(H,15,17). The Labute approximate surface area is 125 Å². The first-order valence-corrected chi connectivity index (χ1v) is 8.35. The van der Waals surface area contributed by atoms with Crippen molar-refractivity contribution in [2.75, 3.05) is 25.5 Å². The van der Waals surface area contributed by atoms with E-state index in [1.165, 1.54) is 30.5 Å². The lowest BCUT2D eigenvalue weighted by atomic mass is 10.2. The maximum absolute atomic E-state index is 12.6. The summed E-state index contributed by atoms with van der Waals surface area (Å²) in [5, 5.41) is 2.59. The summed E-state index contributed by atoms with van der Waals surface area (Å²) >= 11 is 0. The third-order valence-corrected chi connectivity index (χ3v) is 5.33. The van der Waals surface area contributed by atoms with Gasteiger partial charge < -0.3 is 10.1 Å². The minimum Gasteiger partial charge on any atom is -0.495 e. The largest absolute Gasteiger partial charge is 0.495 e. The first kappa shape index (κ1) is 15.8. The van der Waals surface area contributed by atoms with Crippen molar-refractivity contribution in [3.8, 4) is 5.75 Å². The molecule has 0 spiro atoms. The maximum atomic E-state index is 12.6. The second-order valence-electron chi connectivity index (χ2n) is 5.01. The van der Waals surface area contributed by atoms with Crippen molar-refractivity contribution in [2.24, 2.45) is 0 Å². The number of sulfonamides is 1. The van der Waals surface area contributed by atoms with Gasteiger partial charge in [0.15, 0.2) is 0 Å². The van der Waals surface area contributed by atoms with Crippen molar-refractivity contribution in [2.45, 2.75) is 31.1 Å². The molecule has 0 saturated carbocycles. The number of rotatable bonds is 4. The molecule has 6 nitrogen and oxygen atoms in total. The molecule has 0 unspecified atom stereocenters. The zero-order valence-electron chi connectivity index (χ0n) is 12.3. The van der Waals surface area contributed by atoms with E-state index < -0.39 is 10.0 Å². The smallest absolute Gasteiger partial charge is 0.243 e. The second-order valence-corrected chi connectivity index (χ2v) is 6.95. The molecule has 1 saturated heterocycles. The monoisotopic (exact) mass is 312 g/mol. The van der Waals surface area contributed by atoms with Crippen LogP contribution >= 0.6 is 0 Å². The van der Waals surface area contributed by atoms with E-state index in [-0.39, 0.29) is 10.8 Å². The molecule has 0 radical (unpaired) electrons. The van der Waals surface area contributed by atoms with Crippen LogP contribution < -0.4 is 10.1 Å². The Morgan fingerprint density at radius 2 is 1.90 bits per heavy atom. The molecule has 2 rings (SSSR count). The van der Waals surface area contributed by atoms with Gasteiger partial charge in [0.05, 0.1) is 17.7 Å². The van der Waals surface area contributed by atoms with Crippen LogP contribution in [-0.4, -0.2) is 38.8 Å². The topological polar surface area (TPSA) is 75.7 Å². The number of hydrogen-bond donors (Lipinski definition) is 1. The number of methoxy groups -OCH3 is 1. The molecular formula is C14H20N2O4S. The number of ether oxygens (including phenoxy) is 1. The molecular weight excluding hydrogens is 292 g/mol. The summed E-state index contributed by atoms with van der Waals surface area (Å²) in [7, 11) is -2.05. The third-order valence-electron chi connectivity index (χ3n) is 3.43. The molecule has 1 aliphatic rings. The Morgan fingerprint density at radius 3 is 2.48 bits per heavy atom. The van der Waals surface area contributed by atoms with Crippen LogP contribution in [0, 0.1) is 0 Å². The summed E-state index contributed by atoms with van der Waals surface area (Å²) in [5.74, 6) is 0.156. The Kier molecular flexibility index (Phi) is 4.84. The van der Waals surface area contributed by atoms with Gasteiger partial charge in [-0.05, 0) is 31.0 Å². The predicted octanol–water partition coefficient (Wildman–Crippen LogP) is 1.83. The fraction of sp³-hybridized carbons (Fsp3) is 0.500. The highest BCUT2D eigenvalue weighted by molar-refractivity contribution is 7.89. The van der Waals surface area contributed by atoms with Crippen LogP contribution in [0.4, 0.5) is 5.69 Å². The number of nitrogens with zero attached hydrogens (tertiary/aromatic N) is 1. The first-order chi connectivity index (χ1) is 9.95. The van der Waals surface area contributed by atoms with E-state index in [1.54, 1.807) is 6.07 Å². The number of benzene rings is 1. The molecule has 1 aromatic rings. The summed E-state index contributed by atoms with van der Waals surface area (Å²) in [4.78, 5) is 11.4. The van der Waals surface area contributed by atoms with Gasteiger partial charge in [0.25, 0.3) is 0 Å². The molecule has 0 atom stereocenters. The summed E-state index contributed by atoms with van der Waals surface area (Å²) in [5.41, 5.74) is 0.364. The summed E-state index contributed by atoms with van der Waals surface area (Å²) in [6, 6.07) is 4.51. The first-order valence-electron chi connectivity index (χ1n) is 6.91. The van der Waals surface area contributed by atoms with E-state index >= 15 is 0 Å². The molecule has 21 heavy (non-hydrogen) atoms. The molecule has 7 heteroatoms. The van der Waals surface area contributed by atoms with E-state index in [2.05, 4.69) is 5.32 Å². The van der Waals surface area contributed by atoms with Crippen LogP contribution in [0.1, 0.15) is 26.2 Å². The third kappa shape index (κ3) is 3.54. The van der Waals surface area contributed by atoms with Gasteiger partial charge in [0, 0.05) is 20.0 Å². The molecule has 116 valence electrons. The Balaban J connectivity index is 2.36. The van der Waals surface area contributed by atoms with Crippen molar-refractivity contribution >= 4 is 21.6 Å². The van der Waals surface area contributed by atoms with Crippen molar-refractivity contribution in [3.63, 3.8) is 0 Å². The summed E-state index contributed by atoms with van der Waals surface area (Å²) in [6.07, 6.45) is 2.83. The van der Waals surface area contributed by atoms with Gasteiger partial charge in [-0.1, -0.05) is 6.42 Å². The number of carbonyl (C=O) groups is 1. The van der Waals surface area contributed by atoms with Crippen LogP contribution in [-0.2, 0) is 14.8 Å². The summed E-state index contributed by atoms with van der Waals surface area (Å²) < 4.78 is 31.8. The highest BCUT2D eigenvalue weighted by Gasteiger charge is 2.26. The molecule has 1 amide bonds. The van der Waals surface area contributed by atoms with E-state index in [0.717, 1.165) is 19.3 Å². The Bertz CT molecular complexity index is 622. The van der Waals surface area contributed by atoms with E-state index in [1.807, 2.05) is 0 Å². The number of amides is 1. The highest BCUT2D eigenvalue weighted by atomic mass is 32.2. The number of carbonyl (C=O) groups excluding carboxylic acids is 1. The van der Waals surface area contributed by atoms with Crippen molar-refractivity contribution in [1.82, 2.24) is 4.31 Å². The lowest BCUT2D eigenvalue weighted by Crippen LogP contribution is -2.35. The summed E-state index contributed by atoms with van der Waals surface area (Å²) in [6.45, 7) is 2.46. The molecule has 1 aromatic carbocycles. The SMILES string of the molecule is COc1ccc(S(=O)(=O)N2CCCCC2)cc1NC(C)=O. The molecule has 1 N–H and O–H groups in total. The number of anilines is 1. The minimum absolute atomic E-state index is 0.175. The zero-order valence-corrected chi connectivity index (χ0v) is 13.1. The number of piperidine rings is 1. The van der Waals surface area contributed by atoms with Gasteiger partial charge >= 0.3 is 0 Å². The fourth-order valence-electron chi connectivity index (χ4n) is 2.39. The van der Waals surface area contributed by atoms with Gasteiger partial charge in [-0.2, -0.15) is 4.31 Å². The van der Waals surface area contributed by atoms with E-state index in [9.17, 15) is 13.2 Å². The molecule has 0 bridgehead atoms. The van der Waals surface area contributed by atoms with Gasteiger partial charge in [0.1, 0.15) is 5.75 Å². The number of hydrogen-bond acceptors (Lipinski definition) is 4. The van der Waals surface area contributed by atoms with Gasteiger partial charge in [0.2, 0.25) is 15.9 Å². The molecule has 0 aromatic heterocycles. The van der Waals surface area contributed by atoms with Crippen LogP contribution in [0.5, 0.6) is 5.75 Å². The van der Waals surface area contributed by atoms with Crippen LogP contribution in [0.25, 0.3) is 0 Å². The highest BCUT2D eigenvalue weighted by Crippen LogP contribution is 2.29. The van der Waals surface area contributed by atoms with Crippen LogP contribution in [0.15, 0.2) is 23.1 Å². The zero-order chi connectivity index (χ0) is 15.5. The lowest BCUT2D eigenvalue weighted by molar-refractivity contribution is -0.114. The van der Waals surface area contributed by atoms with Crippen molar-refractivity contribution < 1.29 is 17.9 Å². The van der Waals surface area contributed by atoms with Crippen molar-refractivity contribution in [3.05, 3.63) is 18.2 Å². The average Bonchev–Trinajstić information content (AvgIpc) is 2.47. The normalized spacial score (nSPS) is 16.5. The van der Waals surface area contributed by atoms with Gasteiger partial charge in [-0.3, -0.25) is 4.79 Å². The maximum Gasteiger partial charge on any atom is 0.243 e. The Hall–Kier alpha value is -1.60. The minimum atomic E-state index is -3.52. The average molecular weight is 312 g/mol. The Morgan fingerprint density at radius 1 is 1.24 bits per heavy atom. The van der Waals surface area contributed by atoms with E-state index in [4.69, 9.17) is 4.74 Å². The van der Waals surface area contributed by atoms with Crippen LogP contribution in [0.3, 0.4) is 0 Å². The predicted molar refractivity (Wildman–Crippen MR) is 79.9 cm³/mol. The van der Waals surface area contributed by atoms with Gasteiger partial charge in [-0.15, -0.1) is 0 Å². The quantitative estimate of drug-likeness (QED) is 0.920. The van der Waals surface area contributed by atoms with Crippen LogP contribution in [0.2, 0.25) is 0 Å². The molecule has 1 heterocycles. The van der Waals surface area contributed by atoms with Gasteiger partial charge in [-0.25, -0.2) is 8.42 Å². The van der Waals surface area contributed by atoms with Crippen molar-refractivity contribution in [1.29, 1.82) is 0 Å². The lowest BCUT2D eigenvalue weighted by Gasteiger charge is -2.26. The second kappa shape index (κ2) is 6.44. The molecule has 1 fully saturated rings. The fourth-order valence-corrected chi connectivity index (χ4v) is 3.93. The number of nitrogens with one attached hydrogen (secondary N) is 1.